The van der Waals surface area contributed by atoms with Gasteiger partial charge in [-0.25, -0.2) is 4.21 Å². The second kappa shape index (κ2) is 4.22. The van der Waals surface area contributed by atoms with Crippen LogP contribution >= 0.6 is 0 Å². The minimum absolute atomic E-state index is 0.117. The van der Waals surface area contributed by atoms with Gasteiger partial charge in [0.15, 0.2) is 0 Å². The largest absolute Gasteiger partial charge is 0.483 e. The van der Waals surface area contributed by atoms with Crippen molar-refractivity contribution in [1.82, 2.24) is 0 Å². The Bertz CT molecular complexity index is 495. The minimum atomic E-state index is -2.86. The molecule has 0 saturated heterocycles. The predicted octanol–water partition coefficient (Wildman–Crippen LogP) is 3.20. The highest BCUT2D eigenvalue weighted by Crippen LogP contribution is 2.32. The molecule has 0 saturated carbocycles. The molecule has 1 atom stereocenters. The van der Waals surface area contributed by atoms with Gasteiger partial charge in [0.2, 0.25) is 0 Å². The van der Waals surface area contributed by atoms with E-state index in [9.17, 15) is 13.0 Å². The van der Waals surface area contributed by atoms with Crippen LogP contribution in [0.2, 0.25) is 0 Å². The number of fused-ring (bicyclic) bond motifs is 1. The minimum Gasteiger partial charge on any atom is -0.483 e. The summed E-state index contributed by atoms with van der Waals surface area (Å²) in [6, 6.07) is 4.47. The highest BCUT2D eigenvalue weighted by molar-refractivity contribution is 7.85. The van der Waals surface area contributed by atoms with E-state index in [1.165, 1.54) is 12.1 Å². The van der Waals surface area contributed by atoms with Gasteiger partial charge in [0.1, 0.15) is 22.2 Å². The SMILES string of the molecule is CC1(C)C=Cc2cc(S(=O)C(F)F)ccc2O1. The van der Waals surface area contributed by atoms with Gasteiger partial charge in [0.05, 0.1) is 0 Å². The van der Waals surface area contributed by atoms with Crippen LogP contribution in [-0.4, -0.2) is 15.6 Å². The molecule has 17 heavy (non-hydrogen) atoms. The van der Waals surface area contributed by atoms with E-state index in [2.05, 4.69) is 0 Å². The van der Waals surface area contributed by atoms with E-state index < -0.39 is 22.2 Å². The molecule has 0 aliphatic carbocycles. The van der Waals surface area contributed by atoms with Crippen LogP contribution in [0.5, 0.6) is 5.75 Å². The molecule has 0 amide bonds. The van der Waals surface area contributed by atoms with E-state index in [0.29, 0.717) is 11.3 Å². The van der Waals surface area contributed by atoms with E-state index >= 15 is 0 Å². The highest BCUT2D eigenvalue weighted by Gasteiger charge is 2.23. The summed E-state index contributed by atoms with van der Waals surface area (Å²) in [7, 11) is -2.28. The summed E-state index contributed by atoms with van der Waals surface area (Å²) in [5.41, 5.74) is 0.270. The van der Waals surface area contributed by atoms with Crippen molar-refractivity contribution in [3.8, 4) is 5.75 Å². The molecule has 5 heteroatoms. The molecule has 2 rings (SSSR count). The van der Waals surface area contributed by atoms with Crippen molar-refractivity contribution in [3.05, 3.63) is 29.8 Å². The van der Waals surface area contributed by atoms with Crippen molar-refractivity contribution < 1.29 is 17.7 Å². The number of alkyl halides is 2. The molecule has 1 aromatic carbocycles. The van der Waals surface area contributed by atoms with Gasteiger partial charge in [-0.15, -0.1) is 0 Å². The summed E-state index contributed by atoms with van der Waals surface area (Å²) in [5, 5.41) is 0. The van der Waals surface area contributed by atoms with Crippen molar-refractivity contribution in [1.29, 1.82) is 0 Å². The van der Waals surface area contributed by atoms with Crippen molar-refractivity contribution in [2.24, 2.45) is 0 Å². The number of hydrogen-bond donors (Lipinski definition) is 0. The van der Waals surface area contributed by atoms with Gasteiger partial charge in [-0.05, 0) is 38.1 Å². The molecule has 1 heterocycles. The van der Waals surface area contributed by atoms with E-state index in [0.717, 1.165) is 0 Å². The molecule has 0 radical (unpaired) electrons. The zero-order valence-corrected chi connectivity index (χ0v) is 10.3. The first-order valence-electron chi connectivity index (χ1n) is 5.10. The Morgan fingerprint density at radius 3 is 2.71 bits per heavy atom. The fourth-order valence-corrected chi connectivity index (χ4v) is 2.24. The highest BCUT2D eigenvalue weighted by atomic mass is 32.2. The molecule has 1 aromatic rings. The van der Waals surface area contributed by atoms with Crippen molar-refractivity contribution >= 4 is 16.9 Å². The zero-order chi connectivity index (χ0) is 12.6. The van der Waals surface area contributed by atoms with Crippen LogP contribution in [0.15, 0.2) is 29.2 Å². The van der Waals surface area contributed by atoms with Gasteiger partial charge in [0, 0.05) is 10.5 Å². The number of benzene rings is 1. The van der Waals surface area contributed by atoms with Gasteiger partial charge in [-0.3, -0.25) is 0 Å². The van der Waals surface area contributed by atoms with E-state index in [1.807, 2.05) is 19.9 Å². The normalized spacial score (nSPS) is 18.6. The fraction of sp³-hybridized carbons (Fsp3) is 0.333. The first kappa shape index (κ1) is 12.2. The third-order valence-electron chi connectivity index (χ3n) is 2.41. The molecule has 0 aromatic heterocycles. The van der Waals surface area contributed by atoms with Crippen molar-refractivity contribution in [2.45, 2.75) is 30.1 Å². The van der Waals surface area contributed by atoms with Gasteiger partial charge in [-0.2, -0.15) is 8.78 Å². The van der Waals surface area contributed by atoms with Crippen LogP contribution in [0.1, 0.15) is 19.4 Å². The first-order chi connectivity index (χ1) is 7.89. The fourth-order valence-electron chi connectivity index (χ4n) is 1.59. The molecule has 2 nitrogen and oxygen atoms in total. The van der Waals surface area contributed by atoms with Gasteiger partial charge >= 0.3 is 5.76 Å². The van der Waals surface area contributed by atoms with Crippen LogP contribution < -0.4 is 4.74 Å². The molecule has 0 fully saturated rings. The summed E-state index contributed by atoms with van der Waals surface area (Å²) in [5.74, 6) is -2.24. The Balaban J connectivity index is 2.37. The van der Waals surface area contributed by atoms with Crippen molar-refractivity contribution in [2.75, 3.05) is 0 Å². The Labute approximate surface area is 101 Å². The summed E-state index contributed by atoms with van der Waals surface area (Å²) in [6.07, 6.45) is 3.63. The second-order valence-electron chi connectivity index (χ2n) is 4.30. The van der Waals surface area contributed by atoms with Crippen LogP contribution in [0, 0.1) is 0 Å². The summed E-state index contributed by atoms with van der Waals surface area (Å²) < 4.78 is 41.5. The van der Waals surface area contributed by atoms with Gasteiger partial charge < -0.3 is 4.74 Å². The first-order valence-corrected chi connectivity index (χ1v) is 6.31. The maximum Gasteiger partial charge on any atom is 0.316 e. The average Bonchev–Trinajstić information content (AvgIpc) is 2.26. The topological polar surface area (TPSA) is 26.3 Å². The van der Waals surface area contributed by atoms with E-state index in [4.69, 9.17) is 4.74 Å². The van der Waals surface area contributed by atoms with E-state index in [-0.39, 0.29) is 4.90 Å². The van der Waals surface area contributed by atoms with Crippen LogP contribution in [0.3, 0.4) is 0 Å². The number of ether oxygens (including phenoxy) is 1. The predicted molar refractivity (Wildman–Crippen MR) is 62.6 cm³/mol. The third kappa shape index (κ3) is 2.54. The Hall–Kier alpha value is -1.23. The number of hydrogen-bond acceptors (Lipinski definition) is 2. The third-order valence-corrected chi connectivity index (χ3v) is 3.45. The monoisotopic (exact) mass is 258 g/mol. The molecule has 0 N–H and O–H groups in total. The molecule has 92 valence electrons. The molecular weight excluding hydrogens is 246 g/mol. The lowest BCUT2D eigenvalue weighted by Gasteiger charge is -2.27. The number of rotatable bonds is 2. The Morgan fingerprint density at radius 2 is 2.06 bits per heavy atom. The van der Waals surface area contributed by atoms with Crippen LogP contribution in [0.25, 0.3) is 6.08 Å². The maximum absolute atomic E-state index is 12.3. The van der Waals surface area contributed by atoms with Crippen molar-refractivity contribution in [3.63, 3.8) is 0 Å². The zero-order valence-electron chi connectivity index (χ0n) is 9.44. The second-order valence-corrected chi connectivity index (χ2v) is 5.72. The summed E-state index contributed by atoms with van der Waals surface area (Å²) in [6.45, 7) is 3.80. The quantitative estimate of drug-likeness (QED) is 0.814. The lowest BCUT2D eigenvalue weighted by Crippen LogP contribution is -2.27. The average molecular weight is 258 g/mol. The molecule has 0 bridgehead atoms. The molecule has 0 spiro atoms. The standard InChI is InChI=1S/C12H12F2O2S/c1-12(2)6-5-8-7-9(17(15)11(13)14)3-4-10(8)16-12/h3-7,11H,1-2H3. The van der Waals surface area contributed by atoms with Gasteiger partial charge in [-0.1, -0.05) is 6.08 Å². The lowest BCUT2D eigenvalue weighted by molar-refractivity contribution is 0.159. The summed E-state index contributed by atoms with van der Waals surface area (Å²) in [4.78, 5) is 0.117. The maximum atomic E-state index is 12.3. The number of halogens is 2. The Morgan fingerprint density at radius 1 is 1.35 bits per heavy atom. The summed E-state index contributed by atoms with van der Waals surface area (Å²) >= 11 is 0. The van der Waals surface area contributed by atoms with E-state index in [1.54, 1.807) is 12.1 Å². The van der Waals surface area contributed by atoms with Gasteiger partial charge in [0.25, 0.3) is 0 Å². The molecular formula is C12H12F2O2S. The Kier molecular flexibility index (Phi) is 3.03. The molecule has 1 aliphatic rings. The van der Waals surface area contributed by atoms with Crippen LogP contribution in [-0.2, 0) is 10.8 Å². The molecule has 1 unspecified atom stereocenters. The molecule has 1 aliphatic heterocycles. The lowest BCUT2D eigenvalue weighted by atomic mass is 10.0. The van der Waals surface area contributed by atoms with Crippen LogP contribution in [0.4, 0.5) is 8.78 Å². The smallest absolute Gasteiger partial charge is 0.316 e.